The van der Waals surface area contributed by atoms with E-state index in [4.69, 9.17) is 0 Å². The smallest absolute Gasteiger partial charge is 0.0549 e. The molecule has 1 rings (SSSR count). The van der Waals surface area contributed by atoms with E-state index < -0.39 is 0 Å². The third-order valence-corrected chi connectivity index (χ3v) is 2.78. The van der Waals surface area contributed by atoms with Crippen molar-refractivity contribution < 1.29 is 5.11 Å². The summed E-state index contributed by atoms with van der Waals surface area (Å²) in [4.78, 5) is 0. The zero-order valence-electron chi connectivity index (χ0n) is 8.43. The van der Waals surface area contributed by atoms with Crippen LogP contribution in [0.2, 0.25) is 0 Å². The predicted molar refractivity (Wildman–Crippen MR) is 52.0 cm³/mol. The first-order valence-electron chi connectivity index (χ1n) is 4.90. The van der Waals surface area contributed by atoms with Gasteiger partial charge in [-0.05, 0) is 38.0 Å². The maximum absolute atomic E-state index is 9.30. The van der Waals surface area contributed by atoms with Gasteiger partial charge in [0.05, 0.1) is 6.10 Å². The lowest BCUT2D eigenvalue weighted by atomic mass is 9.74. The summed E-state index contributed by atoms with van der Waals surface area (Å²) in [6.45, 7) is 6.42. The van der Waals surface area contributed by atoms with Crippen LogP contribution < -0.4 is 0 Å². The average Bonchev–Trinajstić information content (AvgIpc) is 1.92. The normalized spacial score (nSPS) is 24.8. The molecule has 0 radical (unpaired) electrons. The summed E-state index contributed by atoms with van der Waals surface area (Å²) < 4.78 is 0. The molecule has 0 saturated heterocycles. The van der Waals surface area contributed by atoms with Gasteiger partial charge in [0, 0.05) is 0 Å². The molecule has 0 saturated carbocycles. The quantitative estimate of drug-likeness (QED) is 0.629. The van der Waals surface area contributed by atoms with Crippen LogP contribution in [0.15, 0.2) is 11.6 Å². The highest BCUT2D eigenvalue weighted by Crippen LogP contribution is 2.38. The van der Waals surface area contributed by atoms with Crippen LogP contribution in [-0.4, -0.2) is 11.2 Å². The van der Waals surface area contributed by atoms with Crippen LogP contribution in [0.3, 0.4) is 0 Å². The third kappa shape index (κ3) is 2.34. The van der Waals surface area contributed by atoms with Gasteiger partial charge in [0.25, 0.3) is 0 Å². The van der Waals surface area contributed by atoms with Gasteiger partial charge in [-0.1, -0.05) is 25.5 Å². The van der Waals surface area contributed by atoms with Crippen LogP contribution in [0, 0.1) is 5.41 Å². The Kier molecular flexibility index (Phi) is 2.94. The highest BCUT2D eigenvalue weighted by molar-refractivity contribution is 5.15. The largest absolute Gasteiger partial charge is 0.393 e. The Morgan fingerprint density at radius 2 is 2.25 bits per heavy atom. The Balaban J connectivity index is 2.65. The van der Waals surface area contributed by atoms with Crippen LogP contribution in [0.5, 0.6) is 0 Å². The van der Waals surface area contributed by atoms with E-state index in [-0.39, 0.29) is 6.10 Å². The van der Waals surface area contributed by atoms with Crippen LogP contribution in [0.4, 0.5) is 0 Å². The summed E-state index contributed by atoms with van der Waals surface area (Å²) in [6.07, 6.45) is 6.75. The lowest BCUT2D eigenvalue weighted by Gasteiger charge is -2.32. The lowest BCUT2D eigenvalue weighted by Crippen LogP contribution is -2.20. The molecule has 0 aromatic carbocycles. The van der Waals surface area contributed by atoms with E-state index in [0.29, 0.717) is 5.41 Å². The average molecular weight is 168 g/mol. The van der Waals surface area contributed by atoms with Gasteiger partial charge in [0.1, 0.15) is 0 Å². The van der Waals surface area contributed by atoms with Gasteiger partial charge in [0.15, 0.2) is 0 Å². The van der Waals surface area contributed by atoms with Crippen molar-refractivity contribution >= 4 is 0 Å². The molecule has 0 heterocycles. The second-order valence-corrected chi connectivity index (χ2v) is 4.56. The summed E-state index contributed by atoms with van der Waals surface area (Å²) in [6, 6.07) is 0. The molecule has 1 heteroatoms. The minimum Gasteiger partial charge on any atom is -0.393 e. The zero-order chi connectivity index (χ0) is 9.19. The van der Waals surface area contributed by atoms with Gasteiger partial charge in [0.2, 0.25) is 0 Å². The van der Waals surface area contributed by atoms with E-state index in [0.717, 1.165) is 6.42 Å². The van der Waals surface area contributed by atoms with Crippen molar-refractivity contribution in [2.24, 2.45) is 5.41 Å². The molecule has 0 fully saturated rings. The maximum Gasteiger partial charge on any atom is 0.0549 e. The highest BCUT2D eigenvalue weighted by atomic mass is 16.3. The van der Waals surface area contributed by atoms with E-state index in [2.05, 4.69) is 19.9 Å². The number of aliphatic hydroxyl groups excluding tert-OH is 1. The second-order valence-electron chi connectivity index (χ2n) is 4.56. The molecule has 0 aromatic heterocycles. The van der Waals surface area contributed by atoms with Crippen molar-refractivity contribution in [1.82, 2.24) is 0 Å². The molecule has 1 unspecified atom stereocenters. The number of aliphatic hydroxyl groups is 1. The summed E-state index contributed by atoms with van der Waals surface area (Å²) >= 11 is 0. The first kappa shape index (κ1) is 9.79. The molecule has 1 aliphatic carbocycles. The predicted octanol–water partition coefficient (Wildman–Crippen LogP) is 2.89. The molecule has 0 amide bonds. The minimum absolute atomic E-state index is 0.186. The minimum atomic E-state index is -0.186. The van der Waals surface area contributed by atoms with Crippen molar-refractivity contribution in [3.05, 3.63) is 11.6 Å². The van der Waals surface area contributed by atoms with E-state index >= 15 is 0 Å². The molecule has 1 N–H and O–H groups in total. The van der Waals surface area contributed by atoms with Gasteiger partial charge in [-0.2, -0.15) is 0 Å². The monoisotopic (exact) mass is 168 g/mol. The van der Waals surface area contributed by atoms with Gasteiger partial charge in [-0.15, -0.1) is 0 Å². The van der Waals surface area contributed by atoms with Crippen LogP contribution >= 0.6 is 0 Å². The van der Waals surface area contributed by atoms with E-state index in [9.17, 15) is 5.11 Å². The van der Waals surface area contributed by atoms with Crippen molar-refractivity contribution in [2.45, 2.75) is 52.6 Å². The van der Waals surface area contributed by atoms with Crippen LogP contribution in [0.1, 0.15) is 46.5 Å². The Bertz CT molecular complexity index is 177. The standard InChI is InChI=1S/C11H20O/c1-9(12)8-10-6-4-5-7-11(10,2)3/h6,9,12H,4-5,7-8H2,1-3H3. The Morgan fingerprint density at radius 1 is 1.58 bits per heavy atom. The summed E-state index contributed by atoms with van der Waals surface area (Å²) in [5.74, 6) is 0. The molecule has 1 nitrogen and oxygen atoms in total. The summed E-state index contributed by atoms with van der Waals surface area (Å²) in [7, 11) is 0. The number of allylic oxidation sites excluding steroid dienone is 1. The van der Waals surface area contributed by atoms with Crippen LogP contribution in [-0.2, 0) is 0 Å². The topological polar surface area (TPSA) is 20.2 Å². The van der Waals surface area contributed by atoms with E-state index in [1.54, 1.807) is 0 Å². The highest BCUT2D eigenvalue weighted by Gasteiger charge is 2.25. The first-order chi connectivity index (χ1) is 5.52. The SMILES string of the molecule is CC(O)CC1=CCCCC1(C)C. The fourth-order valence-corrected chi connectivity index (χ4v) is 1.94. The fraction of sp³-hybridized carbons (Fsp3) is 0.818. The van der Waals surface area contributed by atoms with Crippen molar-refractivity contribution in [3.63, 3.8) is 0 Å². The van der Waals surface area contributed by atoms with Crippen LogP contribution in [0.25, 0.3) is 0 Å². The summed E-state index contributed by atoms with van der Waals surface area (Å²) in [5, 5.41) is 9.30. The van der Waals surface area contributed by atoms with Gasteiger partial charge >= 0.3 is 0 Å². The molecule has 1 atom stereocenters. The van der Waals surface area contributed by atoms with Crippen molar-refractivity contribution in [1.29, 1.82) is 0 Å². The molecule has 12 heavy (non-hydrogen) atoms. The molecule has 0 bridgehead atoms. The Morgan fingerprint density at radius 3 is 2.75 bits per heavy atom. The molecule has 1 aliphatic rings. The zero-order valence-corrected chi connectivity index (χ0v) is 8.43. The summed E-state index contributed by atoms with van der Waals surface area (Å²) in [5.41, 5.74) is 1.78. The molecule has 0 aliphatic heterocycles. The second kappa shape index (κ2) is 3.61. The number of hydrogen-bond donors (Lipinski definition) is 1. The third-order valence-electron chi connectivity index (χ3n) is 2.78. The molecular formula is C11H20O. The Labute approximate surface area is 75.5 Å². The maximum atomic E-state index is 9.30. The molecule has 0 aromatic rings. The van der Waals surface area contributed by atoms with Gasteiger partial charge in [-0.25, -0.2) is 0 Å². The Hall–Kier alpha value is -0.300. The number of rotatable bonds is 2. The molecule has 0 spiro atoms. The van der Waals surface area contributed by atoms with E-state index in [1.165, 1.54) is 24.8 Å². The fourth-order valence-electron chi connectivity index (χ4n) is 1.94. The van der Waals surface area contributed by atoms with Gasteiger partial charge < -0.3 is 5.11 Å². The number of hydrogen-bond acceptors (Lipinski definition) is 1. The van der Waals surface area contributed by atoms with E-state index in [1.807, 2.05) is 6.92 Å². The molecular weight excluding hydrogens is 148 g/mol. The van der Waals surface area contributed by atoms with Crippen molar-refractivity contribution in [2.75, 3.05) is 0 Å². The molecule has 70 valence electrons. The van der Waals surface area contributed by atoms with Gasteiger partial charge in [-0.3, -0.25) is 0 Å². The lowest BCUT2D eigenvalue weighted by molar-refractivity contribution is 0.183. The van der Waals surface area contributed by atoms with Crippen molar-refractivity contribution in [3.8, 4) is 0 Å². The first-order valence-corrected chi connectivity index (χ1v) is 4.90.